The van der Waals surface area contributed by atoms with Crippen LogP contribution in [0.2, 0.25) is 0 Å². The molecular formula is C14H11N4O2S2+. The number of hydrogen-bond donors (Lipinski definition) is 1. The largest absolute Gasteiger partial charge is 0.468 e. The molecule has 0 aliphatic rings. The van der Waals surface area contributed by atoms with Gasteiger partial charge in [-0.15, -0.1) is 11.3 Å². The molecule has 8 heteroatoms. The Balaban J connectivity index is 2.60. The van der Waals surface area contributed by atoms with Crippen LogP contribution in [0.15, 0.2) is 22.5 Å². The van der Waals surface area contributed by atoms with E-state index in [-0.39, 0.29) is 17.1 Å². The van der Waals surface area contributed by atoms with Gasteiger partial charge in [-0.25, -0.2) is 4.98 Å². The fraction of sp³-hybridized carbons (Fsp3) is 0.143. The number of methoxy groups -OCH3 is 1. The second-order valence-corrected chi connectivity index (χ2v) is 5.99. The predicted octanol–water partition coefficient (Wildman–Crippen LogP) is 1.82. The van der Waals surface area contributed by atoms with Gasteiger partial charge in [0.1, 0.15) is 17.7 Å². The summed E-state index contributed by atoms with van der Waals surface area (Å²) < 4.78 is 4.58. The lowest BCUT2D eigenvalue weighted by Gasteiger charge is -2.08. The molecule has 6 nitrogen and oxygen atoms in total. The van der Waals surface area contributed by atoms with Crippen molar-refractivity contribution in [2.75, 3.05) is 18.6 Å². The molecule has 0 amide bonds. The third-order valence-corrected chi connectivity index (χ3v) is 4.66. The zero-order valence-corrected chi connectivity index (χ0v) is 13.2. The van der Waals surface area contributed by atoms with E-state index < -0.39 is 5.97 Å². The van der Waals surface area contributed by atoms with Gasteiger partial charge in [0, 0.05) is 10.4 Å². The van der Waals surface area contributed by atoms with Crippen LogP contribution in [0.3, 0.4) is 0 Å². The molecule has 0 radical (unpaired) electrons. The molecule has 22 heavy (non-hydrogen) atoms. The molecule has 0 unspecified atom stereocenters. The first-order valence-corrected chi connectivity index (χ1v) is 7.91. The Hall–Kier alpha value is -2.55. The lowest BCUT2D eigenvalue weighted by molar-refractivity contribution is -0.410. The minimum atomic E-state index is -0.414. The maximum Gasteiger partial charge on any atom is 0.316 e. The lowest BCUT2D eigenvalue weighted by atomic mass is 10.0. The Morgan fingerprint density at radius 2 is 2.18 bits per heavy atom. The number of carbonyl (C=O) groups is 1. The van der Waals surface area contributed by atoms with E-state index in [1.54, 1.807) is 0 Å². The van der Waals surface area contributed by atoms with Crippen LogP contribution in [-0.4, -0.2) is 18.8 Å². The summed E-state index contributed by atoms with van der Waals surface area (Å²) in [6, 6.07) is 7.77. The topological polar surface area (TPSA) is 114 Å². The van der Waals surface area contributed by atoms with Crippen LogP contribution in [-0.2, 0) is 9.53 Å². The summed E-state index contributed by atoms with van der Waals surface area (Å²) in [5, 5.41) is 21.1. The van der Waals surface area contributed by atoms with Crippen LogP contribution in [0.5, 0.6) is 0 Å². The number of esters is 1. The first-order chi connectivity index (χ1) is 10.6. The van der Waals surface area contributed by atoms with Gasteiger partial charge in [0.15, 0.2) is 10.6 Å². The number of aromatic amines is 1. The Morgan fingerprint density at radius 1 is 1.45 bits per heavy atom. The smallest absolute Gasteiger partial charge is 0.316 e. The second kappa shape index (κ2) is 6.94. The molecule has 110 valence electrons. The zero-order chi connectivity index (χ0) is 16.1. The van der Waals surface area contributed by atoms with Crippen molar-refractivity contribution in [2.24, 2.45) is 0 Å². The minimum Gasteiger partial charge on any atom is -0.468 e. The first kappa shape index (κ1) is 15.8. The molecule has 0 aliphatic heterocycles. The molecule has 0 bridgehead atoms. The standard InChI is InChI=1S/C14H10N4O2S2/c1-20-11(19)7-22-14-9(6-16)12(10-3-2-4-21-10)8(5-15)13(17)18-14/h2-4H,7H2,1H3,(H2,17,18)/p+1. The van der Waals surface area contributed by atoms with Crippen LogP contribution in [0.25, 0.3) is 10.4 Å². The van der Waals surface area contributed by atoms with Crippen molar-refractivity contribution in [3.8, 4) is 22.6 Å². The number of nitrogen functional groups attached to an aromatic ring is 1. The van der Waals surface area contributed by atoms with Gasteiger partial charge in [0.2, 0.25) is 0 Å². The SMILES string of the molecule is COC(=O)CSc1[nH+]c(N)c(C#N)c(-c2cccs2)c1C#N. The highest BCUT2D eigenvalue weighted by Crippen LogP contribution is 2.35. The van der Waals surface area contributed by atoms with E-state index in [0.717, 1.165) is 16.6 Å². The maximum absolute atomic E-state index is 11.3. The number of nitrogens with one attached hydrogen (secondary N) is 1. The highest BCUT2D eigenvalue weighted by Gasteiger charge is 2.24. The van der Waals surface area contributed by atoms with E-state index in [2.05, 4.69) is 15.8 Å². The molecule has 0 spiro atoms. The normalized spacial score (nSPS) is 9.77. The summed E-state index contributed by atoms with van der Waals surface area (Å²) in [7, 11) is 1.29. The quantitative estimate of drug-likeness (QED) is 0.675. The van der Waals surface area contributed by atoms with E-state index >= 15 is 0 Å². The van der Waals surface area contributed by atoms with Crippen molar-refractivity contribution in [2.45, 2.75) is 5.03 Å². The average molecular weight is 331 g/mol. The average Bonchev–Trinajstić information content (AvgIpc) is 3.05. The van der Waals surface area contributed by atoms with Crippen LogP contribution in [0, 0.1) is 22.7 Å². The summed E-state index contributed by atoms with van der Waals surface area (Å²) >= 11 is 2.52. The summed E-state index contributed by atoms with van der Waals surface area (Å²) in [5.41, 5.74) is 6.90. The Bertz CT molecular complexity index is 789. The lowest BCUT2D eigenvalue weighted by Crippen LogP contribution is -2.19. The third kappa shape index (κ3) is 3.03. The zero-order valence-electron chi connectivity index (χ0n) is 11.5. The van der Waals surface area contributed by atoms with Gasteiger partial charge in [-0.2, -0.15) is 10.5 Å². The number of aromatic nitrogens is 1. The van der Waals surface area contributed by atoms with Crippen molar-refractivity contribution in [1.82, 2.24) is 0 Å². The number of nitriles is 2. The minimum absolute atomic E-state index is 0.0386. The number of nitrogens with zero attached hydrogens (tertiary/aromatic N) is 2. The molecule has 0 saturated carbocycles. The van der Waals surface area contributed by atoms with Crippen molar-refractivity contribution < 1.29 is 14.5 Å². The number of H-pyrrole nitrogens is 1. The number of pyridine rings is 1. The van der Waals surface area contributed by atoms with Gasteiger partial charge in [-0.05, 0) is 11.4 Å². The molecule has 0 atom stereocenters. The van der Waals surface area contributed by atoms with Gasteiger partial charge < -0.3 is 4.74 Å². The van der Waals surface area contributed by atoms with Gasteiger partial charge in [-0.3, -0.25) is 10.5 Å². The number of thiophene rings is 1. The van der Waals surface area contributed by atoms with E-state index in [1.165, 1.54) is 18.4 Å². The van der Waals surface area contributed by atoms with Gasteiger partial charge in [0.25, 0.3) is 5.82 Å². The number of thioether (sulfide) groups is 1. The molecule has 0 fully saturated rings. The highest BCUT2D eigenvalue weighted by atomic mass is 32.2. The molecule has 0 aliphatic carbocycles. The van der Waals surface area contributed by atoms with Crippen molar-refractivity contribution >= 4 is 34.9 Å². The monoisotopic (exact) mass is 331 g/mol. The number of carbonyl (C=O) groups excluding carboxylic acids is 1. The van der Waals surface area contributed by atoms with E-state index in [0.29, 0.717) is 16.2 Å². The molecule has 2 rings (SSSR count). The molecule has 2 aromatic rings. The number of hydrogen-bond acceptors (Lipinski definition) is 7. The Morgan fingerprint density at radius 3 is 2.73 bits per heavy atom. The first-order valence-electron chi connectivity index (χ1n) is 6.04. The van der Waals surface area contributed by atoms with Crippen molar-refractivity contribution in [3.05, 3.63) is 28.6 Å². The fourth-order valence-electron chi connectivity index (χ4n) is 1.81. The highest BCUT2D eigenvalue weighted by molar-refractivity contribution is 7.99. The summed E-state index contributed by atoms with van der Waals surface area (Å²) in [6.45, 7) is 0. The molecule has 3 N–H and O–H groups in total. The molecule has 0 aromatic carbocycles. The van der Waals surface area contributed by atoms with Crippen LogP contribution < -0.4 is 10.7 Å². The third-order valence-electron chi connectivity index (χ3n) is 2.80. The van der Waals surface area contributed by atoms with Gasteiger partial charge in [0.05, 0.1) is 12.9 Å². The van der Waals surface area contributed by atoms with Gasteiger partial charge in [-0.1, -0.05) is 17.8 Å². The van der Waals surface area contributed by atoms with Crippen LogP contribution >= 0.6 is 23.1 Å². The van der Waals surface area contributed by atoms with Crippen molar-refractivity contribution in [1.29, 1.82) is 10.5 Å². The van der Waals surface area contributed by atoms with E-state index in [9.17, 15) is 15.3 Å². The Kier molecular flexibility index (Phi) is 4.99. The fourth-order valence-corrected chi connectivity index (χ4v) is 3.45. The Labute approximate surface area is 135 Å². The number of ether oxygens (including phenoxy) is 1. The second-order valence-electron chi connectivity index (χ2n) is 4.06. The maximum atomic E-state index is 11.3. The molecular weight excluding hydrogens is 320 g/mol. The van der Waals surface area contributed by atoms with Crippen LogP contribution in [0.4, 0.5) is 5.82 Å². The van der Waals surface area contributed by atoms with Gasteiger partial charge >= 0.3 is 5.97 Å². The number of anilines is 1. The summed E-state index contributed by atoms with van der Waals surface area (Å²) in [4.78, 5) is 14.9. The predicted molar refractivity (Wildman–Crippen MR) is 82.9 cm³/mol. The van der Waals surface area contributed by atoms with E-state index in [1.807, 2.05) is 23.6 Å². The summed E-state index contributed by atoms with van der Waals surface area (Å²) in [5.74, 6) is -0.211. The molecule has 0 saturated heterocycles. The van der Waals surface area contributed by atoms with Crippen LogP contribution in [0.1, 0.15) is 11.1 Å². The number of rotatable bonds is 4. The molecule has 2 aromatic heterocycles. The summed E-state index contributed by atoms with van der Waals surface area (Å²) in [6.07, 6.45) is 0. The van der Waals surface area contributed by atoms with E-state index in [4.69, 9.17) is 5.73 Å². The molecule has 2 heterocycles. The number of nitrogens with two attached hydrogens (primary N) is 1. The van der Waals surface area contributed by atoms with Crippen molar-refractivity contribution in [3.63, 3.8) is 0 Å².